The van der Waals surface area contributed by atoms with Gasteiger partial charge in [0.05, 0.1) is 0 Å². The summed E-state index contributed by atoms with van der Waals surface area (Å²) in [5.74, 6) is -0.592. The summed E-state index contributed by atoms with van der Waals surface area (Å²) in [4.78, 5) is 0. The second kappa shape index (κ2) is 18.4. The summed E-state index contributed by atoms with van der Waals surface area (Å²) in [7, 11) is -26.0. The van der Waals surface area contributed by atoms with Crippen LogP contribution in [-0.2, 0) is 44.9 Å². The van der Waals surface area contributed by atoms with Crippen LogP contribution in [0.1, 0.15) is 27.8 Å². The van der Waals surface area contributed by atoms with Crippen molar-refractivity contribution in [1.82, 2.24) is 0 Å². The van der Waals surface area contributed by atoms with Crippen molar-refractivity contribution in [3.63, 3.8) is 0 Å². The van der Waals surface area contributed by atoms with E-state index in [0.717, 1.165) is 33.0 Å². The summed E-state index contributed by atoms with van der Waals surface area (Å²) < 4.78 is 67.8. The van der Waals surface area contributed by atoms with E-state index < -0.39 is 89.6 Å². The van der Waals surface area contributed by atoms with Gasteiger partial charge in [-0.3, -0.25) is 0 Å². The van der Waals surface area contributed by atoms with Crippen LogP contribution in [-0.4, -0.2) is 83.7 Å². The van der Waals surface area contributed by atoms with Gasteiger partial charge in [-0.15, -0.1) is 0 Å². The highest BCUT2D eigenvalue weighted by Gasteiger charge is 2.60. The molecule has 0 spiro atoms. The summed E-state index contributed by atoms with van der Waals surface area (Å²) in [5, 5.41) is 0.805. The third-order valence-corrected chi connectivity index (χ3v) is 24.0. The molecule has 1 rings (SSSR count). The van der Waals surface area contributed by atoms with E-state index in [4.69, 9.17) is 38.9 Å². The van der Waals surface area contributed by atoms with Crippen molar-refractivity contribution >= 4 is 94.6 Å². The van der Waals surface area contributed by atoms with Crippen molar-refractivity contribution in [2.45, 2.75) is 204 Å². The highest BCUT2D eigenvalue weighted by Crippen LogP contribution is 2.45. The van der Waals surface area contributed by atoms with Crippen LogP contribution in [0.25, 0.3) is 5.76 Å². The molecule has 0 unspecified atom stereocenters. The van der Waals surface area contributed by atoms with Crippen LogP contribution in [0.5, 0.6) is 0 Å². The molecule has 0 bridgehead atoms. The summed E-state index contributed by atoms with van der Waals surface area (Å²) in [6.07, 6.45) is 0. The molecule has 9 nitrogen and oxygen atoms in total. The van der Waals surface area contributed by atoms with Gasteiger partial charge in [0.15, 0.2) is 55.7 Å². The molecule has 0 radical (unpaired) electrons. The molecule has 0 fully saturated rings. The molecule has 0 aliphatic rings. The van der Waals surface area contributed by atoms with E-state index in [-0.39, 0.29) is 0 Å². The fraction of sp³-hybridized carbons (Fsp3) is 0.795. The minimum atomic E-state index is -4.09. The molecular weight excluding hydrogens is 893 g/mol. The maximum absolute atomic E-state index is 7.78. The zero-order chi connectivity index (χ0) is 46.5. The highest BCUT2D eigenvalue weighted by molar-refractivity contribution is 6.96. The third-order valence-electron chi connectivity index (χ3n) is 7.25. The van der Waals surface area contributed by atoms with Crippen molar-refractivity contribution < 1.29 is 38.9 Å². The molecule has 340 valence electrons. The zero-order valence-electron chi connectivity index (χ0n) is 43.2. The van der Waals surface area contributed by atoms with Crippen LogP contribution in [0.2, 0.25) is 177 Å². The lowest BCUT2D eigenvalue weighted by Crippen LogP contribution is -2.70. The Morgan fingerprint density at radius 1 is 0.345 bits per heavy atom. The predicted molar refractivity (Wildman–Crippen MR) is 275 cm³/mol. The average Bonchev–Trinajstić information content (AvgIpc) is 2.81. The first-order chi connectivity index (χ1) is 25.0. The number of hydrogen-bond acceptors (Lipinski definition) is 9. The van der Waals surface area contributed by atoms with E-state index >= 15 is 0 Å². The van der Waals surface area contributed by atoms with Gasteiger partial charge in [0.25, 0.3) is 11.9 Å². The molecule has 0 N–H and O–H groups in total. The fourth-order valence-electron chi connectivity index (χ4n) is 6.15. The van der Waals surface area contributed by atoms with Gasteiger partial charge in [0.2, 0.25) is 25.0 Å². The van der Waals surface area contributed by atoms with Crippen LogP contribution in [0.15, 0.2) is 5.95 Å². The Labute approximate surface area is 368 Å². The van der Waals surface area contributed by atoms with Crippen molar-refractivity contribution in [3.8, 4) is 0 Å². The van der Waals surface area contributed by atoms with Crippen LogP contribution in [0.4, 0.5) is 0 Å². The molecule has 0 saturated carbocycles. The summed E-state index contributed by atoms with van der Waals surface area (Å²) in [6, 6.07) is 0. The standard InChI is InChI=1S/C39H90O9Si10/c1-31-32(2)34(36(40-49(4,5)6)38(41-50(7,8)9)42-51(10,11)12)37(58(46-55(22,23)24,47-56(25,26)27)48-57(28,29)30)35(33(31)3)39(43-52(13,14)15,44-53(16,17)18)45-54(19,20)21/h1-30H3. The molecule has 0 aromatic heterocycles. The Bertz CT molecular complexity index is 1510. The first-order valence-corrected chi connectivity index (χ1v) is 53.6. The Kier molecular flexibility index (Phi) is 17.9. The maximum Gasteiger partial charge on any atom is 0.507 e. The molecule has 0 aliphatic heterocycles. The number of hydrogen-bond donors (Lipinski definition) is 0. The highest BCUT2D eigenvalue weighted by atomic mass is 28.5. The maximum atomic E-state index is 7.78. The quantitative estimate of drug-likeness (QED) is 0.0679. The topological polar surface area (TPSA) is 83.1 Å². The van der Waals surface area contributed by atoms with E-state index in [1.165, 1.54) is 0 Å². The molecule has 0 saturated heterocycles. The second-order valence-corrected chi connectivity index (χ2v) is 68.0. The predicted octanol–water partition coefficient (Wildman–Crippen LogP) is 13.2. The largest absolute Gasteiger partial charge is 0.539 e. The normalized spacial score (nSPS) is 14.8. The van der Waals surface area contributed by atoms with Crippen LogP contribution in [0.3, 0.4) is 0 Å². The lowest BCUT2D eigenvalue weighted by Gasteiger charge is -2.50. The number of benzene rings is 1. The lowest BCUT2D eigenvalue weighted by atomic mass is 9.91. The van der Waals surface area contributed by atoms with Gasteiger partial charge in [0, 0.05) is 16.3 Å². The van der Waals surface area contributed by atoms with Crippen molar-refractivity contribution in [3.05, 3.63) is 33.8 Å². The molecule has 1 aromatic rings. The SMILES string of the molecule is Cc1c(C)c(C(O[Si](C)(C)C)=C(O[Si](C)(C)C)O[Si](C)(C)C)c([Si](O[Si](C)(C)C)(O[Si](C)(C)C)O[Si](C)(C)C)c(C(O[Si](C)(C)C)(O[Si](C)(C)C)O[Si](C)(C)C)c1C. The van der Waals surface area contributed by atoms with Crippen molar-refractivity contribution in [1.29, 1.82) is 0 Å². The molecule has 58 heavy (non-hydrogen) atoms. The smallest absolute Gasteiger partial charge is 0.507 e. The van der Waals surface area contributed by atoms with Crippen molar-refractivity contribution in [2.24, 2.45) is 0 Å². The van der Waals surface area contributed by atoms with Gasteiger partial charge in [-0.25, -0.2) is 0 Å². The Morgan fingerprint density at radius 2 is 0.638 bits per heavy atom. The first kappa shape index (κ1) is 56.3. The van der Waals surface area contributed by atoms with Gasteiger partial charge in [-0.05, 0) is 214 Å². The van der Waals surface area contributed by atoms with Gasteiger partial charge < -0.3 is 38.9 Å². The van der Waals surface area contributed by atoms with Crippen molar-refractivity contribution in [2.75, 3.05) is 0 Å². The Balaban J connectivity index is 5.68. The second-order valence-electron chi connectivity index (χ2n) is 24.7. The zero-order valence-corrected chi connectivity index (χ0v) is 53.2. The fourth-order valence-corrected chi connectivity index (χ4v) is 25.4. The molecule has 0 atom stereocenters. The van der Waals surface area contributed by atoms with Gasteiger partial charge >= 0.3 is 8.80 Å². The van der Waals surface area contributed by atoms with E-state index in [2.05, 4.69) is 198 Å². The van der Waals surface area contributed by atoms with Gasteiger partial charge in [-0.1, -0.05) is 0 Å². The molecule has 0 heterocycles. The van der Waals surface area contributed by atoms with E-state index in [0.29, 0.717) is 11.7 Å². The minimum absolute atomic E-state index is 0.435. The van der Waals surface area contributed by atoms with Crippen LogP contribution in [0, 0.1) is 20.8 Å². The van der Waals surface area contributed by atoms with Gasteiger partial charge in [0.1, 0.15) is 0 Å². The molecular formula is C39H90O9Si10. The minimum Gasteiger partial charge on any atom is -0.539 e. The van der Waals surface area contributed by atoms with E-state index in [1.54, 1.807) is 0 Å². The van der Waals surface area contributed by atoms with Gasteiger partial charge in [-0.2, -0.15) is 0 Å². The van der Waals surface area contributed by atoms with Crippen LogP contribution >= 0.6 is 0 Å². The summed E-state index contributed by atoms with van der Waals surface area (Å²) in [6.45, 7) is 66.3. The molecule has 19 heteroatoms. The van der Waals surface area contributed by atoms with Crippen LogP contribution < -0.4 is 5.19 Å². The molecule has 0 aliphatic carbocycles. The number of rotatable bonds is 21. The average molecular weight is 984 g/mol. The molecule has 0 amide bonds. The Morgan fingerprint density at radius 3 is 0.879 bits per heavy atom. The molecule has 1 aromatic carbocycles. The first-order valence-electron chi connectivity index (χ1n) is 21.2. The Hall–Kier alpha value is 0.289. The monoisotopic (exact) mass is 982 g/mol. The lowest BCUT2D eigenvalue weighted by molar-refractivity contribution is -0.281. The summed E-state index contributed by atoms with van der Waals surface area (Å²) >= 11 is 0. The third kappa shape index (κ3) is 19.0. The van der Waals surface area contributed by atoms with E-state index in [1.807, 2.05) is 0 Å². The summed E-state index contributed by atoms with van der Waals surface area (Å²) in [5.41, 5.74) is 4.72. The van der Waals surface area contributed by atoms with E-state index in [9.17, 15) is 0 Å².